The average Bonchev–Trinajstić information content (AvgIpc) is 3.99. The minimum absolute atomic E-state index is 0.00667. The van der Waals surface area contributed by atoms with Crippen molar-refractivity contribution in [3.05, 3.63) is 0 Å². The number of nitrogens with one attached hydrogen (secondary N) is 6. The Labute approximate surface area is 398 Å². The van der Waals surface area contributed by atoms with Crippen molar-refractivity contribution in [2.24, 2.45) is 50.8 Å². The molecule has 364 valence electrons. The molecule has 4 aliphatic carbocycles. The SMILES string of the molecule is CC1SC2C(C(C3CCC(OC4CC5(CCN(C6NCC(C(=O)NC7C(C)(C)C(OC8CCC(C#N)C(Cl)C8)C7(C)C)CN6)CC5)C4)CC3)=N[C@@H](CC3NCCO3)C3NNC(C)N23)C1C. The fourth-order valence-electron chi connectivity index (χ4n) is 14.9. The van der Waals surface area contributed by atoms with E-state index in [1.54, 1.807) is 0 Å². The molecule has 0 aromatic heterocycles. The summed E-state index contributed by atoms with van der Waals surface area (Å²) in [4.78, 5) is 24.8. The standard InChI is InChI=1S/C49H81ClN10O4S/c1-27-28(2)65-43-39(27)40(55-37(21-38-52-16-19-62-38)41-58-57-29(3)60(41)43)30-8-11-33(12-9-30)63-35-22-49(23-35)14-17-59(18-15-49)46-53-25-32(26-54-46)42(61)56-44-47(4,5)45(48(44,6)7)64-34-13-10-31(24-51)36(50)20-34/h27-39,41,43-46,52-54,57-58H,8-23,25-26H2,1-7H3,(H,56,61)/t27?,28?,29?,30?,31?,32?,33?,34?,36?,37-,38?,39?,41?,43?,44?,45?,46?/m0/s1. The quantitative estimate of drug-likeness (QED) is 0.161. The number of alkyl halides is 1. The van der Waals surface area contributed by atoms with Crippen molar-refractivity contribution in [1.82, 2.24) is 41.9 Å². The first-order valence-corrected chi connectivity index (χ1v) is 27.2. The van der Waals surface area contributed by atoms with E-state index in [0.29, 0.717) is 65.5 Å². The van der Waals surface area contributed by atoms with Gasteiger partial charge in [-0.25, -0.2) is 10.9 Å². The molecule has 1 spiro atoms. The molecule has 6 N–H and O–H groups in total. The lowest BCUT2D eigenvalue weighted by Crippen LogP contribution is -2.75. The number of halogens is 1. The fraction of sp³-hybridized carbons (Fsp3) is 0.939. The monoisotopic (exact) mass is 941 g/mol. The molecule has 65 heavy (non-hydrogen) atoms. The zero-order valence-electron chi connectivity index (χ0n) is 40.3. The minimum Gasteiger partial charge on any atom is -0.375 e. The van der Waals surface area contributed by atoms with Crippen LogP contribution in [0.4, 0.5) is 0 Å². The van der Waals surface area contributed by atoms with Crippen LogP contribution in [0.25, 0.3) is 0 Å². The van der Waals surface area contributed by atoms with Gasteiger partial charge in [0.15, 0.2) is 0 Å². The molecule has 5 saturated heterocycles. The number of thioether (sulfide) groups is 1. The molecular formula is C49H81ClN10O4S. The number of ether oxygens (including phenoxy) is 3. The number of piperidine rings is 1. The van der Waals surface area contributed by atoms with Crippen LogP contribution in [0.1, 0.15) is 126 Å². The summed E-state index contributed by atoms with van der Waals surface area (Å²) in [5.41, 5.74) is 8.74. The lowest BCUT2D eigenvalue weighted by molar-refractivity contribution is -0.234. The third-order valence-electron chi connectivity index (χ3n) is 18.6. The second-order valence-electron chi connectivity index (χ2n) is 23.5. The predicted octanol–water partition coefficient (Wildman–Crippen LogP) is 5.09. The number of fused-ring (bicyclic) bond motifs is 3. The Morgan fingerprint density at radius 1 is 0.954 bits per heavy atom. The number of hydrazine groups is 1. The molecule has 9 fully saturated rings. The van der Waals surface area contributed by atoms with E-state index in [4.69, 9.17) is 30.8 Å². The molecule has 10 unspecified atom stereocenters. The molecule has 14 nitrogen and oxygen atoms in total. The minimum atomic E-state index is -0.207. The van der Waals surface area contributed by atoms with Gasteiger partial charge < -0.3 is 19.5 Å². The van der Waals surface area contributed by atoms with Gasteiger partial charge in [-0.1, -0.05) is 41.5 Å². The van der Waals surface area contributed by atoms with E-state index in [-0.39, 0.29) is 83.1 Å². The Balaban J connectivity index is 0.658. The highest BCUT2D eigenvalue weighted by atomic mass is 35.5. The first-order valence-electron chi connectivity index (χ1n) is 25.9. The van der Waals surface area contributed by atoms with E-state index >= 15 is 0 Å². The third kappa shape index (κ3) is 9.11. The van der Waals surface area contributed by atoms with Crippen molar-refractivity contribution in [2.45, 2.75) is 203 Å². The summed E-state index contributed by atoms with van der Waals surface area (Å²) in [7, 11) is 0. The van der Waals surface area contributed by atoms with Crippen LogP contribution < -0.4 is 32.1 Å². The highest BCUT2D eigenvalue weighted by Gasteiger charge is 2.64. The number of carbonyl (C=O) groups is 1. The summed E-state index contributed by atoms with van der Waals surface area (Å²) in [5.74, 6) is 1.50. The second kappa shape index (κ2) is 18.9. The highest BCUT2D eigenvalue weighted by molar-refractivity contribution is 8.00. The molecule has 4 saturated carbocycles. The van der Waals surface area contributed by atoms with Gasteiger partial charge in [0.2, 0.25) is 5.91 Å². The smallest absolute Gasteiger partial charge is 0.225 e. The number of aliphatic imine (C=N–C) groups is 1. The maximum absolute atomic E-state index is 13.7. The molecule has 10 rings (SSSR count). The molecule has 0 bridgehead atoms. The molecule has 6 aliphatic heterocycles. The molecule has 10 aliphatic rings. The Bertz CT molecular complexity index is 1750. The zero-order valence-corrected chi connectivity index (χ0v) is 41.9. The van der Waals surface area contributed by atoms with E-state index in [2.05, 4.69) is 108 Å². The number of likely N-dealkylation sites (tertiary alicyclic amines) is 1. The van der Waals surface area contributed by atoms with Crippen LogP contribution in [0, 0.1) is 57.2 Å². The largest absolute Gasteiger partial charge is 0.375 e. The van der Waals surface area contributed by atoms with Gasteiger partial charge >= 0.3 is 0 Å². The van der Waals surface area contributed by atoms with Gasteiger partial charge in [0.25, 0.3) is 0 Å². The normalized spacial score (nSPS) is 46.3. The van der Waals surface area contributed by atoms with Gasteiger partial charge in [0.1, 0.15) is 12.5 Å². The van der Waals surface area contributed by atoms with Crippen LogP contribution in [0.5, 0.6) is 0 Å². The number of amides is 1. The van der Waals surface area contributed by atoms with Gasteiger partial charge in [-0.05, 0) is 94.8 Å². The van der Waals surface area contributed by atoms with Crippen LogP contribution in [0.2, 0.25) is 0 Å². The Hall–Kier alpha value is -1.13. The molecule has 16 heteroatoms. The van der Waals surface area contributed by atoms with E-state index in [1.165, 1.54) is 44.2 Å². The van der Waals surface area contributed by atoms with Gasteiger partial charge in [0.05, 0.1) is 78.1 Å². The van der Waals surface area contributed by atoms with Gasteiger partial charge in [-0.15, -0.1) is 23.4 Å². The summed E-state index contributed by atoms with van der Waals surface area (Å²) in [6, 6.07) is 2.51. The number of nitriles is 1. The van der Waals surface area contributed by atoms with Crippen molar-refractivity contribution in [1.29, 1.82) is 5.26 Å². The number of hydrogen-bond acceptors (Lipinski definition) is 14. The second-order valence-corrected chi connectivity index (χ2v) is 25.6. The van der Waals surface area contributed by atoms with Crippen LogP contribution in [0.15, 0.2) is 4.99 Å². The third-order valence-corrected chi connectivity index (χ3v) is 20.7. The Morgan fingerprint density at radius 3 is 2.32 bits per heavy atom. The number of rotatable bonds is 10. The molecule has 0 aromatic rings. The fourth-order valence-corrected chi connectivity index (χ4v) is 17.1. The first kappa shape index (κ1) is 47.5. The van der Waals surface area contributed by atoms with Crippen LogP contribution >= 0.6 is 23.4 Å². The lowest BCUT2D eigenvalue weighted by atomic mass is 9.49. The van der Waals surface area contributed by atoms with Crippen molar-refractivity contribution in [2.75, 3.05) is 39.3 Å². The predicted molar refractivity (Wildman–Crippen MR) is 256 cm³/mol. The highest BCUT2D eigenvalue weighted by Crippen LogP contribution is 2.57. The van der Waals surface area contributed by atoms with Crippen LogP contribution in [0.3, 0.4) is 0 Å². The van der Waals surface area contributed by atoms with E-state index in [1.807, 2.05) is 0 Å². The van der Waals surface area contributed by atoms with Gasteiger partial charge in [-0.3, -0.25) is 35.5 Å². The van der Waals surface area contributed by atoms with Crippen molar-refractivity contribution in [3.63, 3.8) is 0 Å². The maximum atomic E-state index is 13.7. The van der Waals surface area contributed by atoms with Crippen molar-refractivity contribution < 1.29 is 19.0 Å². The molecule has 11 atom stereocenters. The van der Waals surface area contributed by atoms with Crippen molar-refractivity contribution >= 4 is 35.0 Å². The van der Waals surface area contributed by atoms with Gasteiger partial charge in [0, 0.05) is 72.9 Å². The lowest BCUT2D eigenvalue weighted by Gasteiger charge is -2.64. The summed E-state index contributed by atoms with van der Waals surface area (Å²) < 4.78 is 19.7. The zero-order chi connectivity index (χ0) is 45.4. The number of nitrogens with zero attached hydrogens (tertiary/aromatic N) is 4. The summed E-state index contributed by atoms with van der Waals surface area (Å²) in [6.07, 6.45) is 14.1. The van der Waals surface area contributed by atoms with E-state index < -0.39 is 0 Å². The van der Waals surface area contributed by atoms with Crippen molar-refractivity contribution in [3.8, 4) is 6.07 Å². The summed E-state index contributed by atoms with van der Waals surface area (Å²) in [6.45, 7) is 21.2. The first-order chi connectivity index (χ1) is 31.1. The van der Waals surface area contributed by atoms with E-state index in [0.717, 1.165) is 58.3 Å². The molecule has 0 radical (unpaired) electrons. The Kier molecular flexibility index (Phi) is 13.8. The van der Waals surface area contributed by atoms with Crippen LogP contribution in [-0.2, 0) is 19.0 Å². The number of carbonyl (C=O) groups excluding carboxylic acids is 1. The molecule has 1 amide bonds. The summed E-state index contributed by atoms with van der Waals surface area (Å²) in [5, 5.41) is 24.7. The number of hydrogen-bond donors (Lipinski definition) is 6. The maximum Gasteiger partial charge on any atom is 0.225 e. The molecule has 0 aromatic carbocycles. The van der Waals surface area contributed by atoms with Gasteiger partial charge in [-0.2, -0.15) is 5.26 Å². The topological polar surface area (TPSA) is 160 Å². The molecule has 6 heterocycles. The van der Waals surface area contributed by atoms with Crippen LogP contribution in [-0.4, -0.2) is 138 Å². The molecular weight excluding hydrogens is 860 g/mol. The Morgan fingerprint density at radius 2 is 1.66 bits per heavy atom. The van der Waals surface area contributed by atoms with E-state index in [9.17, 15) is 10.1 Å². The average molecular weight is 942 g/mol. The summed E-state index contributed by atoms with van der Waals surface area (Å²) >= 11 is 8.71.